The van der Waals surface area contributed by atoms with Crippen LogP contribution in [-0.4, -0.2) is 36.0 Å². The van der Waals surface area contributed by atoms with Crippen LogP contribution in [0.15, 0.2) is 54.9 Å². The third-order valence-corrected chi connectivity index (χ3v) is 6.15. The van der Waals surface area contributed by atoms with Gasteiger partial charge >= 0.3 is 6.18 Å². The van der Waals surface area contributed by atoms with Gasteiger partial charge in [-0.05, 0) is 73.7 Å². The van der Waals surface area contributed by atoms with Gasteiger partial charge in [-0.2, -0.15) is 18.3 Å². The minimum absolute atomic E-state index is 0.0551. The van der Waals surface area contributed by atoms with Crippen molar-refractivity contribution >= 4 is 22.6 Å². The van der Waals surface area contributed by atoms with Gasteiger partial charge in [-0.25, -0.2) is 15.0 Å². The van der Waals surface area contributed by atoms with Crippen LogP contribution in [0.1, 0.15) is 52.0 Å². The number of aryl methyl sites for hydroxylation is 1. The second kappa shape index (κ2) is 9.14. The molecule has 1 saturated carbocycles. The van der Waals surface area contributed by atoms with E-state index in [2.05, 4.69) is 25.1 Å². The van der Waals surface area contributed by atoms with Crippen LogP contribution in [0, 0.1) is 12.8 Å². The standard InChI is InChI=1S/C25H22F3N7O/c1-14-11-17-12-16(5-7-19(17)32-22(14)29)24(36)35(13-18-6-8-20(34-33-18)25(26,27)28)21(15-3-4-15)23-30-9-2-10-31-23/h2,5-12,15,21H,3-4,13H2,1H3,(H2,29,32)/t21-/m1/s1. The van der Waals surface area contributed by atoms with Crippen LogP contribution >= 0.6 is 0 Å². The van der Waals surface area contributed by atoms with Crippen LogP contribution in [0.25, 0.3) is 10.9 Å². The monoisotopic (exact) mass is 493 g/mol. The summed E-state index contributed by atoms with van der Waals surface area (Å²) in [6.45, 7) is 1.78. The number of nitrogens with two attached hydrogens (primary N) is 1. The summed E-state index contributed by atoms with van der Waals surface area (Å²) in [6.07, 6.45) is 0.369. The van der Waals surface area contributed by atoms with Crippen molar-refractivity contribution in [1.82, 2.24) is 30.0 Å². The maximum atomic E-state index is 13.9. The first-order valence-corrected chi connectivity index (χ1v) is 11.4. The molecule has 0 bridgehead atoms. The maximum absolute atomic E-state index is 13.9. The predicted octanol–water partition coefficient (Wildman–Crippen LogP) is 4.52. The summed E-state index contributed by atoms with van der Waals surface area (Å²) in [5, 5.41) is 7.83. The smallest absolute Gasteiger partial charge is 0.383 e. The first-order chi connectivity index (χ1) is 17.2. The number of benzene rings is 1. The van der Waals surface area contributed by atoms with E-state index in [9.17, 15) is 18.0 Å². The fourth-order valence-electron chi connectivity index (χ4n) is 4.14. The number of nitrogens with zero attached hydrogens (tertiary/aromatic N) is 6. The minimum Gasteiger partial charge on any atom is -0.383 e. The second-order valence-corrected chi connectivity index (χ2v) is 8.83. The number of rotatable bonds is 6. The molecule has 36 heavy (non-hydrogen) atoms. The Balaban J connectivity index is 1.55. The Bertz CT molecular complexity index is 1410. The van der Waals surface area contributed by atoms with E-state index in [4.69, 9.17) is 5.73 Å². The highest BCUT2D eigenvalue weighted by atomic mass is 19.4. The highest BCUT2D eigenvalue weighted by Crippen LogP contribution is 2.44. The Morgan fingerprint density at radius 2 is 1.86 bits per heavy atom. The number of carbonyl (C=O) groups is 1. The molecule has 1 atom stereocenters. The Hall–Kier alpha value is -4.15. The molecule has 1 aromatic carbocycles. The van der Waals surface area contributed by atoms with E-state index >= 15 is 0 Å². The van der Waals surface area contributed by atoms with Crippen molar-refractivity contribution in [3.05, 3.63) is 83.2 Å². The molecule has 3 heterocycles. The van der Waals surface area contributed by atoms with Crippen molar-refractivity contribution in [2.75, 3.05) is 5.73 Å². The van der Waals surface area contributed by atoms with Gasteiger partial charge in [-0.1, -0.05) is 0 Å². The van der Waals surface area contributed by atoms with Crippen LogP contribution in [0.4, 0.5) is 19.0 Å². The number of hydrogen-bond acceptors (Lipinski definition) is 7. The van der Waals surface area contributed by atoms with Crippen molar-refractivity contribution in [2.24, 2.45) is 5.92 Å². The molecule has 0 saturated heterocycles. The summed E-state index contributed by atoms with van der Waals surface area (Å²) in [5.74, 6) is 0.693. The number of anilines is 1. The van der Waals surface area contributed by atoms with Crippen molar-refractivity contribution in [2.45, 2.75) is 38.5 Å². The molecule has 1 aliphatic carbocycles. The van der Waals surface area contributed by atoms with Crippen LogP contribution in [0.5, 0.6) is 0 Å². The lowest BCUT2D eigenvalue weighted by Gasteiger charge is -2.31. The number of halogens is 3. The van der Waals surface area contributed by atoms with Crippen LogP contribution in [0.3, 0.4) is 0 Å². The molecular formula is C25H22F3N7O. The molecule has 0 radical (unpaired) electrons. The van der Waals surface area contributed by atoms with Gasteiger partial charge < -0.3 is 10.6 Å². The number of hydrogen-bond donors (Lipinski definition) is 1. The molecule has 2 N–H and O–H groups in total. The third kappa shape index (κ3) is 4.81. The fourth-order valence-corrected chi connectivity index (χ4v) is 4.14. The van der Waals surface area contributed by atoms with E-state index in [-0.39, 0.29) is 24.1 Å². The number of fused-ring (bicyclic) bond motifs is 1. The van der Waals surface area contributed by atoms with Gasteiger partial charge in [0.05, 0.1) is 23.8 Å². The minimum atomic E-state index is -4.60. The number of aromatic nitrogens is 5. The number of nitrogen functional groups attached to an aromatic ring is 1. The Morgan fingerprint density at radius 3 is 2.50 bits per heavy atom. The molecule has 1 fully saturated rings. The lowest BCUT2D eigenvalue weighted by molar-refractivity contribution is -0.141. The molecule has 5 rings (SSSR count). The lowest BCUT2D eigenvalue weighted by Crippen LogP contribution is -2.37. The van der Waals surface area contributed by atoms with Crippen LogP contribution < -0.4 is 5.73 Å². The number of pyridine rings is 1. The molecule has 4 aromatic rings. The SMILES string of the molecule is Cc1cc2cc(C(=O)N(Cc3ccc(C(F)(F)F)nn3)[C@@H](c3ncccn3)C3CC3)ccc2nc1N. The molecule has 0 unspecified atom stereocenters. The van der Waals surface area contributed by atoms with Crippen molar-refractivity contribution in [3.8, 4) is 0 Å². The molecule has 8 nitrogen and oxygen atoms in total. The van der Waals surface area contributed by atoms with Crippen molar-refractivity contribution in [3.63, 3.8) is 0 Å². The highest BCUT2D eigenvalue weighted by Gasteiger charge is 2.41. The third-order valence-electron chi connectivity index (χ3n) is 6.15. The molecule has 0 spiro atoms. The second-order valence-electron chi connectivity index (χ2n) is 8.83. The zero-order chi connectivity index (χ0) is 25.4. The molecule has 0 aliphatic heterocycles. The normalized spacial score (nSPS) is 14.6. The summed E-state index contributed by atoms with van der Waals surface area (Å²) < 4.78 is 38.9. The number of alkyl halides is 3. The Morgan fingerprint density at radius 1 is 1.11 bits per heavy atom. The van der Waals surface area contributed by atoms with Gasteiger partial charge in [0.1, 0.15) is 5.82 Å². The topological polar surface area (TPSA) is 111 Å². The summed E-state index contributed by atoms with van der Waals surface area (Å²) in [5.41, 5.74) is 6.89. The Labute approximate surface area is 204 Å². The summed E-state index contributed by atoms with van der Waals surface area (Å²) in [6, 6.07) is 10.3. The van der Waals surface area contributed by atoms with E-state index in [1.54, 1.807) is 41.6 Å². The lowest BCUT2D eigenvalue weighted by atomic mass is 10.0. The van der Waals surface area contributed by atoms with E-state index in [1.165, 1.54) is 6.07 Å². The Kier molecular flexibility index (Phi) is 5.99. The van der Waals surface area contributed by atoms with Crippen LogP contribution in [0.2, 0.25) is 0 Å². The zero-order valence-corrected chi connectivity index (χ0v) is 19.3. The van der Waals surface area contributed by atoms with Gasteiger partial charge in [0, 0.05) is 23.3 Å². The highest BCUT2D eigenvalue weighted by molar-refractivity contribution is 5.98. The fraction of sp³-hybridized carbons (Fsp3) is 0.280. The van der Waals surface area contributed by atoms with Gasteiger partial charge in [-0.3, -0.25) is 4.79 Å². The van der Waals surface area contributed by atoms with Gasteiger partial charge in [0.15, 0.2) is 11.5 Å². The summed E-state index contributed by atoms with van der Waals surface area (Å²) in [7, 11) is 0. The van der Waals surface area contributed by atoms with E-state index in [1.807, 2.05) is 13.0 Å². The van der Waals surface area contributed by atoms with Gasteiger partial charge in [0.2, 0.25) is 0 Å². The van der Waals surface area contributed by atoms with Crippen LogP contribution in [-0.2, 0) is 12.7 Å². The summed E-state index contributed by atoms with van der Waals surface area (Å²) >= 11 is 0. The molecule has 184 valence electrons. The molecule has 1 aliphatic rings. The quantitative estimate of drug-likeness (QED) is 0.420. The van der Waals surface area contributed by atoms with Gasteiger partial charge in [-0.15, -0.1) is 5.10 Å². The molecular weight excluding hydrogens is 471 g/mol. The van der Waals surface area contributed by atoms with E-state index < -0.39 is 17.9 Å². The average molecular weight is 493 g/mol. The molecule has 11 heteroatoms. The first kappa shape index (κ1) is 23.6. The number of carbonyl (C=O) groups excluding carboxylic acids is 1. The van der Waals surface area contributed by atoms with Crippen molar-refractivity contribution in [1.29, 1.82) is 0 Å². The zero-order valence-electron chi connectivity index (χ0n) is 19.3. The van der Waals surface area contributed by atoms with E-state index in [0.29, 0.717) is 22.7 Å². The van der Waals surface area contributed by atoms with Gasteiger partial charge in [0.25, 0.3) is 5.91 Å². The molecule has 3 aromatic heterocycles. The summed E-state index contributed by atoms with van der Waals surface area (Å²) in [4.78, 5) is 28.6. The van der Waals surface area contributed by atoms with E-state index in [0.717, 1.165) is 29.9 Å². The predicted molar refractivity (Wildman–Crippen MR) is 125 cm³/mol. The van der Waals surface area contributed by atoms with Crippen molar-refractivity contribution < 1.29 is 18.0 Å². The largest absolute Gasteiger partial charge is 0.435 e. The molecule has 1 amide bonds. The maximum Gasteiger partial charge on any atom is 0.435 e. The number of amides is 1. The average Bonchev–Trinajstić information content (AvgIpc) is 3.69. The first-order valence-electron chi connectivity index (χ1n) is 11.4.